The van der Waals surface area contributed by atoms with Gasteiger partial charge in [0, 0.05) is 0 Å². The molecule has 0 spiro atoms. The number of ether oxygens (including phenoxy) is 2. The average Bonchev–Trinajstić information content (AvgIpc) is 3.28. The van der Waals surface area contributed by atoms with Crippen LogP contribution in [-0.4, -0.2) is 23.4 Å². The first-order valence-corrected chi connectivity index (χ1v) is 9.93. The highest BCUT2D eigenvalue weighted by Crippen LogP contribution is 2.62. The van der Waals surface area contributed by atoms with Gasteiger partial charge < -0.3 is 9.47 Å². The molecule has 0 N–H and O–H groups in total. The van der Waals surface area contributed by atoms with Crippen molar-refractivity contribution in [3.8, 4) is 0 Å². The quantitative estimate of drug-likeness (QED) is 0.641. The molecule has 2 saturated carbocycles. The van der Waals surface area contributed by atoms with E-state index in [0.29, 0.717) is 23.0 Å². The lowest BCUT2D eigenvalue weighted by Crippen LogP contribution is -2.40. The number of hydrogen-bond acceptors (Lipinski definition) is 2. The second kappa shape index (κ2) is 4.75. The maximum absolute atomic E-state index is 6.23. The van der Waals surface area contributed by atoms with Gasteiger partial charge in [-0.1, -0.05) is 41.5 Å². The summed E-state index contributed by atoms with van der Waals surface area (Å²) in [5.74, 6) is 1.73. The standard InChI is InChI=1S/C21H36O2/c1-18(2,3)20-12-14(7-9-16(20)22-20)11-15-8-10-17-21(13-15,23-17)19(4,5)6/h14-17H,7-13H2,1-6H3. The van der Waals surface area contributed by atoms with Gasteiger partial charge in [0.2, 0.25) is 0 Å². The Balaban J connectivity index is 1.40. The van der Waals surface area contributed by atoms with E-state index in [0.717, 1.165) is 11.8 Å². The van der Waals surface area contributed by atoms with Gasteiger partial charge >= 0.3 is 0 Å². The molecular weight excluding hydrogens is 284 g/mol. The molecule has 2 nitrogen and oxygen atoms in total. The summed E-state index contributed by atoms with van der Waals surface area (Å²) in [6, 6.07) is 0. The van der Waals surface area contributed by atoms with Gasteiger partial charge in [-0.2, -0.15) is 0 Å². The largest absolute Gasteiger partial charge is 0.365 e. The van der Waals surface area contributed by atoms with Crippen LogP contribution >= 0.6 is 0 Å². The fraction of sp³-hybridized carbons (Fsp3) is 1.00. The second-order valence-electron chi connectivity index (χ2n) is 11.0. The van der Waals surface area contributed by atoms with Crippen LogP contribution in [0.5, 0.6) is 0 Å². The first kappa shape index (κ1) is 16.4. The smallest absolute Gasteiger partial charge is 0.0998 e. The number of hydrogen-bond donors (Lipinski definition) is 0. The lowest BCUT2D eigenvalue weighted by molar-refractivity contribution is 0.0929. The molecule has 2 aliphatic carbocycles. The number of rotatable bonds is 2. The van der Waals surface area contributed by atoms with Crippen molar-refractivity contribution in [3.63, 3.8) is 0 Å². The molecule has 4 fully saturated rings. The SMILES string of the molecule is CC(C)(C)C12CC(CC3CCC4OC4(C(C)(C)C)C3)CCC1O2. The van der Waals surface area contributed by atoms with Crippen molar-refractivity contribution in [2.45, 2.75) is 110 Å². The van der Waals surface area contributed by atoms with Crippen LogP contribution in [0.25, 0.3) is 0 Å². The van der Waals surface area contributed by atoms with E-state index in [4.69, 9.17) is 9.47 Å². The Morgan fingerprint density at radius 2 is 1.09 bits per heavy atom. The highest BCUT2D eigenvalue weighted by Gasteiger charge is 2.67. The predicted octanol–water partition coefficient (Wildman–Crippen LogP) is 5.34. The van der Waals surface area contributed by atoms with Crippen molar-refractivity contribution in [1.82, 2.24) is 0 Å². The summed E-state index contributed by atoms with van der Waals surface area (Å²) >= 11 is 0. The van der Waals surface area contributed by atoms with Crippen molar-refractivity contribution in [1.29, 1.82) is 0 Å². The minimum atomic E-state index is 0.199. The van der Waals surface area contributed by atoms with Crippen molar-refractivity contribution >= 4 is 0 Å². The summed E-state index contributed by atoms with van der Waals surface area (Å²) in [4.78, 5) is 0. The highest BCUT2D eigenvalue weighted by molar-refractivity contribution is 5.15. The lowest BCUT2D eigenvalue weighted by Gasteiger charge is -2.39. The minimum Gasteiger partial charge on any atom is -0.365 e. The van der Waals surface area contributed by atoms with E-state index in [2.05, 4.69) is 41.5 Å². The molecule has 6 atom stereocenters. The van der Waals surface area contributed by atoms with Gasteiger partial charge in [0.25, 0.3) is 0 Å². The van der Waals surface area contributed by atoms with E-state index in [1.807, 2.05) is 0 Å². The molecule has 0 amide bonds. The second-order valence-corrected chi connectivity index (χ2v) is 11.0. The van der Waals surface area contributed by atoms with E-state index < -0.39 is 0 Å². The Labute approximate surface area is 142 Å². The first-order chi connectivity index (χ1) is 10.6. The van der Waals surface area contributed by atoms with Crippen molar-refractivity contribution in [2.75, 3.05) is 0 Å². The normalized spacial score (nSPS) is 49.3. The van der Waals surface area contributed by atoms with Crippen molar-refractivity contribution in [2.24, 2.45) is 22.7 Å². The van der Waals surface area contributed by atoms with E-state index in [-0.39, 0.29) is 11.2 Å². The van der Waals surface area contributed by atoms with Crippen LogP contribution in [0, 0.1) is 22.7 Å². The number of epoxide rings is 2. The summed E-state index contributed by atoms with van der Waals surface area (Å²) in [6.07, 6.45) is 10.5. The van der Waals surface area contributed by atoms with E-state index >= 15 is 0 Å². The summed E-state index contributed by atoms with van der Waals surface area (Å²) in [7, 11) is 0. The zero-order chi connectivity index (χ0) is 16.7. The third kappa shape index (κ3) is 2.42. The molecule has 0 aromatic rings. The molecular formula is C21H36O2. The van der Waals surface area contributed by atoms with Crippen LogP contribution in [0.2, 0.25) is 0 Å². The van der Waals surface area contributed by atoms with Gasteiger partial charge in [-0.25, -0.2) is 0 Å². The fourth-order valence-electron chi connectivity index (χ4n) is 6.02. The highest BCUT2D eigenvalue weighted by atomic mass is 16.6. The van der Waals surface area contributed by atoms with Crippen LogP contribution in [0.4, 0.5) is 0 Å². The zero-order valence-corrected chi connectivity index (χ0v) is 16.1. The molecule has 2 heterocycles. The molecule has 0 radical (unpaired) electrons. The molecule has 4 rings (SSSR count). The Bertz CT molecular complexity index is 441. The summed E-state index contributed by atoms with van der Waals surface area (Å²) < 4.78 is 12.5. The summed E-state index contributed by atoms with van der Waals surface area (Å²) in [5, 5.41) is 0. The maximum Gasteiger partial charge on any atom is 0.0998 e. The van der Waals surface area contributed by atoms with Crippen LogP contribution in [-0.2, 0) is 9.47 Å². The van der Waals surface area contributed by atoms with Gasteiger partial charge in [-0.15, -0.1) is 0 Å². The van der Waals surface area contributed by atoms with Crippen LogP contribution in [0.3, 0.4) is 0 Å². The Kier molecular flexibility index (Phi) is 3.39. The van der Waals surface area contributed by atoms with Gasteiger partial charge in [-0.3, -0.25) is 0 Å². The Hall–Kier alpha value is -0.0800. The van der Waals surface area contributed by atoms with E-state index in [9.17, 15) is 0 Å². The van der Waals surface area contributed by atoms with Gasteiger partial charge in [0.05, 0.1) is 23.4 Å². The molecule has 6 unspecified atom stereocenters. The molecule has 2 aliphatic heterocycles. The average molecular weight is 321 g/mol. The van der Waals surface area contributed by atoms with E-state index in [1.165, 1.54) is 44.9 Å². The molecule has 0 bridgehead atoms. The third-order valence-corrected chi connectivity index (χ3v) is 7.69. The zero-order valence-electron chi connectivity index (χ0n) is 16.1. The van der Waals surface area contributed by atoms with Gasteiger partial charge in [0.15, 0.2) is 0 Å². The summed E-state index contributed by atoms with van der Waals surface area (Å²) in [5.41, 5.74) is 0.982. The molecule has 23 heavy (non-hydrogen) atoms. The Morgan fingerprint density at radius 1 is 0.696 bits per heavy atom. The Morgan fingerprint density at radius 3 is 1.43 bits per heavy atom. The third-order valence-electron chi connectivity index (χ3n) is 7.69. The first-order valence-electron chi connectivity index (χ1n) is 9.93. The molecule has 4 aliphatic rings. The van der Waals surface area contributed by atoms with Crippen LogP contribution in [0.15, 0.2) is 0 Å². The lowest BCUT2D eigenvalue weighted by atomic mass is 9.64. The number of fused-ring (bicyclic) bond motifs is 2. The molecule has 132 valence electrons. The molecule has 2 saturated heterocycles. The van der Waals surface area contributed by atoms with Gasteiger partial charge in [-0.05, 0) is 67.6 Å². The van der Waals surface area contributed by atoms with Crippen LogP contribution in [0.1, 0.15) is 86.5 Å². The van der Waals surface area contributed by atoms with Gasteiger partial charge in [0.1, 0.15) is 0 Å². The summed E-state index contributed by atoms with van der Waals surface area (Å²) in [6.45, 7) is 14.2. The topological polar surface area (TPSA) is 25.1 Å². The maximum atomic E-state index is 6.23. The van der Waals surface area contributed by atoms with Crippen LogP contribution < -0.4 is 0 Å². The molecule has 0 aromatic carbocycles. The molecule has 0 aromatic heterocycles. The predicted molar refractivity (Wildman–Crippen MR) is 93.4 cm³/mol. The monoisotopic (exact) mass is 320 g/mol. The fourth-order valence-corrected chi connectivity index (χ4v) is 6.02. The van der Waals surface area contributed by atoms with Crippen molar-refractivity contribution in [3.05, 3.63) is 0 Å². The molecule has 2 heteroatoms. The minimum absolute atomic E-state index is 0.199. The van der Waals surface area contributed by atoms with Crippen molar-refractivity contribution < 1.29 is 9.47 Å². The van der Waals surface area contributed by atoms with E-state index in [1.54, 1.807) is 0 Å².